The Bertz CT molecular complexity index is 4430. The molecule has 604 valence electrons. The Balaban J connectivity index is 0.000000225. The first-order valence-corrected chi connectivity index (χ1v) is 39.4. The minimum Gasteiger partial charge on any atom is -0.497 e. The lowest BCUT2D eigenvalue weighted by Crippen LogP contribution is -2.58. The van der Waals surface area contributed by atoms with Crippen molar-refractivity contribution in [2.45, 2.75) is 181 Å². The molecule has 0 saturated heterocycles. The van der Waals surface area contributed by atoms with Gasteiger partial charge >= 0.3 is 23.9 Å². The second-order valence-corrected chi connectivity index (χ2v) is 33.3. The molecule has 0 radical (unpaired) electrons. The molecule has 6 N–H and O–H groups in total. The molecule has 12 rings (SSSR count). The highest BCUT2D eigenvalue weighted by Crippen LogP contribution is 2.58. The van der Waals surface area contributed by atoms with Gasteiger partial charge in [0, 0.05) is 83.0 Å². The minimum atomic E-state index is -1.29. The molecule has 6 aromatic rings. The predicted octanol–water partition coefficient (Wildman–Crippen LogP) is 13.2. The molecule has 4 saturated carbocycles. The summed E-state index contributed by atoms with van der Waals surface area (Å²) >= 11 is 0. The number of hydrogen-bond donors (Lipinski definition) is 6. The third-order valence-electron chi connectivity index (χ3n) is 23.6. The number of rotatable bonds is 30. The first-order chi connectivity index (χ1) is 54.4. The van der Waals surface area contributed by atoms with Gasteiger partial charge in [0.15, 0.2) is 0 Å². The number of esters is 2. The SMILES string of the molecule is C=C[C@@H]1C[C@]1(CC(=O)[C@@H]1C[C@@H](Oc2cc(-c3ccccc3)nc3cc(OC)ccc23)C=C1C(=O)N[C@H](C(=O)N[C@H](C(=O)OC)C1CCCCC1)C(C)(C)C)C(=O)O.C=C[C@@H]1C[C@]1(CC(=O)[C@H]1C[C@H](Oc2cc(-c3ccccc3)nc3cc(OC)ccc23)C=C1C(=O)N[C@H](C(=O)N[C@H](C(=O)OC)C1CCCCC1)C(C)(C)C)C(=O)O. The Morgan fingerprint density at radius 3 is 1.17 bits per heavy atom. The van der Waals surface area contributed by atoms with Crippen molar-refractivity contribution in [3.63, 3.8) is 0 Å². The molecule has 0 aliphatic heterocycles. The van der Waals surface area contributed by atoms with Gasteiger partial charge in [-0.3, -0.25) is 38.4 Å². The molecule has 12 atom stereocenters. The highest BCUT2D eigenvalue weighted by molar-refractivity contribution is 6.06. The molecule has 0 spiro atoms. The van der Waals surface area contributed by atoms with E-state index in [2.05, 4.69) is 34.4 Å². The summed E-state index contributed by atoms with van der Waals surface area (Å²) in [6, 6.07) is 29.7. The van der Waals surface area contributed by atoms with Crippen molar-refractivity contribution in [1.82, 2.24) is 31.2 Å². The fourth-order valence-electron chi connectivity index (χ4n) is 16.8. The first-order valence-electron chi connectivity index (χ1n) is 39.4. The van der Waals surface area contributed by atoms with Crippen LogP contribution in [0.2, 0.25) is 0 Å². The Morgan fingerprint density at radius 1 is 0.500 bits per heavy atom. The average molecular weight is 1560 g/mol. The van der Waals surface area contributed by atoms with Crippen LogP contribution >= 0.6 is 0 Å². The second kappa shape index (κ2) is 35.6. The number of nitrogens with zero attached hydrogens (tertiary/aromatic N) is 2. The lowest BCUT2D eigenvalue weighted by molar-refractivity contribution is -0.148. The highest BCUT2D eigenvalue weighted by atomic mass is 16.5. The van der Waals surface area contributed by atoms with E-state index in [9.17, 15) is 58.2 Å². The van der Waals surface area contributed by atoms with E-state index in [-0.39, 0.29) is 73.3 Å². The van der Waals surface area contributed by atoms with Crippen LogP contribution in [-0.4, -0.2) is 144 Å². The predicted molar refractivity (Wildman–Crippen MR) is 428 cm³/mol. The van der Waals surface area contributed by atoms with Crippen molar-refractivity contribution in [2.24, 2.45) is 57.2 Å². The van der Waals surface area contributed by atoms with E-state index >= 15 is 0 Å². The summed E-state index contributed by atoms with van der Waals surface area (Å²) in [5.41, 5.74) is 0.182. The van der Waals surface area contributed by atoms with Crippen molar-refractivity contribution in [3.8, 4) is 45.5 Å². The van der Waals surface area contributed by atoms with Gasteiger partial charge in [-0.1, -0.05) is 153 Å². The van der Waals surface area contributed by atoms with Crippen LogP contribution in [0.4, 0.5) is 0 Å². The van der Waals surface area contributed by atoms with E-state index in [1.807, 2.05) is 84.9 Å². The van der Waals surface area contributed by atoms with Crippen LogP contribution in [0, 0.1) is 57.2 Å². The number of amides is 4. The lowest BCUT2D eigenvalue weighted by Gasteiger charge is -2.34. The molecule has 2 aromatic heterocycles. The summed E-state index contributed by atoms with van der Waals surface area (Å²) in [4.78, 5) is 146. The molecule has 6 aliphatic rings. The third kappa shape index (κ3) is 18.9. The van der Waals surface area contributed by atoms with E-state index in [1.54, 1.807) is 104 Å². The molecule has 4 aromatic carbocycles. The van der Waals surface area contributed by atoms with Gasteiger partial charge in [-0.25, -0.2) is 19.6 Å². The Hall–Kier alpha value is -11.0. The van der Waals surface area contributed by atoms with Gasteiger partial charge in [0.2, 0.25) is 23.6 Å². The molecule has 24 heteroatoms. The number of ketones is 2. The van der Waals surface area contributed by atoms with Crippen LogP contribution in [0.3, 0.4) is 0 Å². The topological polar surface area (TPSA) is 340 Å². The zero-order valence-corrected chi connectivity index (χ0v) is 66.7. The number of methoxy groups -OCH3 is 4. The van der Waals surface area contributed by atoms with Crippen LogP contribution in [0.1, 0.15) is 144 Å². The van der Waals surface area contributed by atoms with Crippen molar-refractivity contribution in [2.75, 3.05) is 28.4 Å². The van der Waals surface area contributed by atoms with Crippen molar-refractivity contribution in [1.29, 1.82) is 0 Å². The van der Waals surface area contributed by atoms with E-state index in [0.717, 1.165) is 75.3 Å². The fourth-order valence-corrected chi connectivity index (χ4v) is 16.8. The number of aliphatic carboxylic acids is 2. The number of Topliss-reactive ketones (excluding diaryl/α,β-unsaturated/α-hetero) is 2. The zero-order chi connectivity index (χ0) is 82.1. The summed E-state index contributed by atoms with van der Waals surface area (Å²) in [7, 11) is 5.72. The molecule has 24 nitrogen and oxygen atoms in total. The van der Waals surface area contributed by atoms with Gasteiger partial charge in [0.1, 0.15) is 70.9 Å². The standard InChI is InChI=1S/2C45H53N3O9/c2*1-7-28-24-45(28,43(53)54)25-36(49)32-20-30(57-37-23-34(26-14-10-8-11-15-26)46-35-22-29(55-5)18-19-31(35)37)21-33(32)40(50)48-39(44(2,3)4)41(51)47-38(42(52)56-6)27-16-12-9-13-17-27/h2*7-8,10-11,14-15,18-19,21-23,27-28,30,32,38-39H,1,9,12-13,16-17,20,24-25H2,2-6H3,(H,47,51)(H,48,50)(H,53,54)/t28-,30+,32+,38+,39-,45-;28-,30-,32-,38+,39-,45-/m11/s1. The highest BCUT2D eigenvalue weighted by Gasteiger charge is 2.62. The van der Waals surface area contributed by atoms with Gasteiger partial charge in [-0.05, 0) is 109 Å². The van der Waals surface area contributed by atoms with Gasteiger partial charge in [-0.15, -0.1) is 13.2 Å². The number of ether oxygens (including phenoxy) is 6. The number of aromatic nitrogens is 2. The number of carbonyl (C=O) groups excluding carboxylic acids is 8. The molecule has 4 amide bonds. The first kappa shape index (κ1) is 83.9. The van der Waals surface area contributed by atoms with Crippen LogP contribution in [0.15, 0.2) is 158 Å². The molecule has 4 fully saturated rings. The van der Waals surface area contributed by atoms with Gasteiger partial charge in [0.25, 0.3) is 0 Å². The van der Waals surface area contributed by atoms with Crippen LogP contribution < -0.4 is 40.2 Å². The van der Waals surface area contributed by atoms with Crippen molar-refractivity contribution in [3.05, 3.63) is 158 Å². The maximum atomic E-state index is 14.4. The van der Waals surface area contributed by atoms with E-state index in [0.29, 0.717) is 56.2 Å². The van der Waals surface area contributed by atoms with Crippen molar-refractivity contribution >= 4 is 80.9 Å². The molecular formula is C90H106N6O18. The smallest absolute Gasteiger partial charge is 0.328 e. The Kier molecular flexibility index (Phi) is 26.2. The van der Waals surface area contributed by atoms with E-state index < -0.39 is 129 Å². The number of fused-ring (bicyclic) bond motifs is 2. The van der Waals surface area contributed by atoms with Gasteiger partial charge in [0.05, 0.1) is 73.5 Å². The molecule has 0 bridgehead atoms. The molecule has 0 unspecified atom stereocenters. The van der Waals surface area contributed by atoms with E-state index in [1.165, 1.54) is 14.2 Å². The summed E-state index contributed by atoms with van der Waals surface area (Å²) < 4.78 is 34.4. The lowest BCUT2D eigenvalue weighted by atomic mass is 9.82. The quantitative estimate of drug-likeness (QED) is 0.0180. The summed E-state index contributed by atoms with van der Waals surface area (Å²) in [5.74, 6) is -7.31. The molecule has 6 aliphatic carbocycles. The number of hydrogen-bond acceptors (Lipinski definition) is 18. The largest absolute Gasteiger partial charge is 0.497 e. The monoisotopic (exact) mass is 1560 g/mol. The number of carbonyl (C=O) groups is 10. The molecular weight excluding hydrogens is 1450 g/mol. The third-order valence-corrected chi connectivity index (χ3v) is 23.6. The van der Waals surface area contributed by atoms with Crippen LogP contribution in [-0.2, 0) is 57.4 Å². The normalized spacial score (nSPS) is 23.0. The number of carboxylic acids is 2. The van der Waals surface area contributed by atoms with Crippen molar-refractivity contribution < 1.29 is 86.6 Å². The number of benzene rings is 4. The Labute approximate surface area is 665 Å². The second-order valence-electron chi connectivity index (χ2n) is 33.3. The Morgan fingerprint density at radius 2 is 0.860 bits per heavy atom. The van der Waals surface area contributed by atoms with E-state index in [4.69, 9.17) is 38.4 Å². The average Bonchev–Trinajstić information content (AvgIpc) is 1.58. The van der Waals surface area contributed by atoms with Crippen LogP contribution in [0.25, 0.3) is 44.3 Å². The summed E-state index contributed by atoms with van der Waals surface area (Å²) in [5, 5.41) is 33.3. The number of nitrogens with one attached hydrogen (secondary N) is 4. The maximum absolute atomic E-state index is 14.4. The molecule has 114 heavy (non-hydrogen) atoms. The number of pyridine rings is 2. The van der Waals surface area contributed by atoms with Gasteiger partial charge < -0.3 is 59.9 Å². The maximum Gasteiger partial charge on any atom is 0.328 e. The number of carboxylic acid groups (broad SMARTS) is 2. The fraction of sp³-hybridized carbons (Fsp3) is 0.467. The summed E-state index contributed by atoms with van der Waals surface area (Å²) in [6.07, 6.45) is 13.8. The molecule has 2 heterocycles. The minimum absolute atomic E-state index is 0.0646. The van der Waals surface area contributed by atoms with Crippen LogP contribution in [0.5, 0.6) is 23.0 Å². The zero-order valence-electron chi connectivity index (χ0n) is 66.7. The van der Waals surface area contributed by atoms with Gasteiger partial charge in [-0.2, -0.15) is 0 Å². The number of allylic oxidation sites excluding steroid dienone is 2. The summed E-state index contributed by atoms with van der Waals surface area (Å²) in [6.45, 7) is 18.3.